The van der Waals surface area contributed by atoms with Crippen molar-refractivity contribution in [2.75, 3.05) is 5.32 Å². The molecule has 1 atom stereocenters. The third-order valence-corrected chi connectivity index (χ3v) is 4.67. The van der Waals surface area contributed by atoms with Crippen molar-refractivity contribution in [1.82, 2.24) is 15.3 Å². The zero-order chi connectivity index (χ0) is 20.1. The SMILES string of the molecule is CCCC(NC(=O)c1ccc(C(C)C)cc1)C(=O)Nc1nc2ccccc2[nH]1. The normalized spacial score (nSPS) is 12.1. The number of anilines is 1. The Balaban J connectivity index is 1.69. The van der Waals surface area contributed by atoms with Gasteiger partial charge in [-0.2, -0.15) is 0 Å². The molecule has 0 saturated heterocycles. The van der Waals surface area contributed by atoms with E-state index in [9.17, 15) is 9.59 Å². The Morgan fingerprint density at radius 1 is 1.07 bits per heavy atom. The first-order valence-electron chi connectivity index (χ1n) is 9.64. The maximum atomic E-state index is 12.7. The molecular formula is C22H26N4O2. The van der Waals surface area contributed by atoms with Gasteiger partial charge in [0.15, 0.2) is 0 Å². The van der Waals surface area contributed by atoms with E-state index in [-0.39, 0.29) is 11.8 Å². The summed E-state index contributed by atoms with van der Waals surface area (Å²) in [4.78, 5) is 32.7. The molecule has 1 aromatic heterocycles. The van der Waals surface area contributed by atoms with E-state index in [4.69, 9.17) is 0 Å². The molecule has 2 aromatic carbocycles. The second kappa shape index (κ2) is 8.69. The first-order valence-corrected chi connectivity index (χ1v) is 9.64. The first-order chi connectivity index (χ1) is 13.5. The van der Waals surface area contributed by atoms with Gasteiger partial charge in [-0.05, 0) is 42.2 Å². The van der Waals surface area contributed by atoms with Gasteiger partial charge < -0.3 is 10.3 Å². The van der Waals surface area contributed by atoms with Gasteiger partial charge in [-0.3, -0.25) is 14.9 Å². The largest absolute Gasteiger partial charge is 0.340 e. The second-order valence-corrected chi connectivity index (χ2v) is 7.18. The molecule has 3 aromatic rings. The Labute approximate surface area is 164 Å². The molecule has 28 heavy (non-hydrogen) atoms. The zero-order valence-electron chi connectivity index (χ0n) is 16.5. The van der Waals surface area contributed by atoms with E-state index in [2.05, 4.69) is 34.4 Å². The molecule has 0 aliphatic rings. The van der Waals surface area contributed by atoms with Crippen molar-refractivity contribution in [3.8, 4) is 0 Å². The highest BCUT2D eigenvalue weighted by molar-refractivity contribution is 6.01. The molecule has 146 valence electrons. The van der Waals surface area contributed by atoms with Crippen LogP contribution in [-0.4, -0.2) is 27.8 Å². The number of fused-ring (bicyclic) bond motifs is 1. The molecule has 1 heterocycles. The number of para-hydroxylation sites is 2. The van der Waals surface area contributed by atoms with Crippen LogP contribution in [0.2, 0.25) is 0 Å². The Bertz CT molecular complexity index is 927. The lowest BCUT2D eigenvalue weighted by Crippen LogP contribution is -2.43. The number of imidazole rings is 1. The minimum Gasteiger partial charge on any atom is -0.340 e. The summed E-state index contributed by atoms with van der Waals surface area (Å²) < 4.78 is 0. The Kier molecular flexibility index (Phi) is 6.09. The summed E-state index contributed by atoms with van der Waals surface area (Å²) in [6.07, 6.45) is 1.31. The fourth-order valence-electron chi connectivity index (χ4n) is 3.03. The average molecular weight is 378 g/mol. The van der Waals surface area contributed by atoms with Crippen molar-refractivity contribution in [1.29, 1.82) is 0 Å². The van der Waals surface area contributed by atoms with E-state index in [1.54, 1.807) is 12.1 Å². The molecule has 0 bridgehead atoms. The average Bonchev–Trinajstić information content (AvgIpc) is 3.09. The molecule has 0 saturated carbocycles. The standard InChI is InChI=1S/C22H26N4O2/c1-4-7-19(23-20(27)16-12-10-15(11-13-16)14(2)3)21(28)26-22-24-17-8-5-6-9-18(17)25-22/h5-6,8-14,19H,4,7H2,1-3H3,(H,23,27)(H2,24,25,26,28). The van der Waals surface area contributed by atoms with Gasteiger partial charge in [0.25, 0.3) is 5.91 Å². The predicted molar refractivity (Wildman–Crippen MR) is 111 cm³/mol. The number of benzene rings is 2. The van der Waals surface area contributed by atoms with Crippen LogP contribution in [0.5, 0.6) is 0 Å². The summed E-state index contributed by atoms with van der Waals surface area (Å²) in [6.45, 7) is 6.19. The van der Waals surface area contributed by atoms with Crippen molar-refractivity contribution in [2.24, 2.45) is 0 Å². The number of nitrogens with one attached hydrogen (secondary N) is 3. The number of nitrogens with zero attached hydrogens (tertiary/aromatic N) is 1. The fraction of sp³-hybridized carbons (Fsp3) is 0.318. The van der Waals surface area contributed by atoms with Crippen LogP contribution < -0.4 is 10.6 Å². The number of aromatic amines is 1. The summed E-state index contributed by atoms with van der Waals surface area (Å²) in [7, 11) is 0. The Hall–Kier alpha value is -3.15. The number of carbonyl (C=O) groups is 2. The summed E-state index contributed by atoms with van der Waals surface area (Å²) >= 11 is 0. The monoisotopic (exact) mass is 378 g/mol. The maximum absolute atomic E-state index is 12.7. The number of carbonyl (C=O) groups excluding carboxylic acids is 2. The molecule has 3 rings (SSSR count). The van der Waals surface area contributed by atoms with Crippen LogP contribution in [0.3, 0.4) is 0 Å². The van der Waals surface area contributed by atoms with Crippen molar-refractivity contribution in [3.63, 3.8) is 0 Å². The van der Waals surface area contributed by atoms with E-state index >= 15 is 0 Å². The smallest absolute Gasteiger partial charge is 0.251 e. The highest BCUT2D eigenvalue weighted by atomic mass is 16.2. The molecule has 1 unspecified atom stereocenters. The van der Waals surface area contributed by atoms with Crippen molar-refractivity contribution in [3.05, 3.63) is 59.7 Å². The van der Waals surface area contributed by atoms with Crippen molar-refractivity contribution >= 4 is 28.8 Å². The van der Waals surface area contributed by atoms with E-state index in [1.807, 2.05) is 43.3 Å². The number of H-pyrrole nitrogens is 1. The van der Waals surface area contributed by atoms with Gasteiger partial charge in [-0.25, -0.2) is 4.98 Å². The lowest BCUT2D eigenvalue weighted by molar-refractivity contribution is -0.118. The van der Waals surface area contributed by atoms with Crippen LogP contribution in [0.25, 0.3) is 11.0 Å². The molecule has 0 spiro atoms. The van der Waals surface area contributed by atoms with Crippen LogP contribution in [0.15, 0.2) is 48.5 Å². The molecular weight excluding hydrogens is 352 g/mol. The molecule has 0 radical (unpaired) electrons. The highest BCUT2D eigenvalue weighted by Gasteiger charge is 2.21. The van der Waals surface area contributed by atoms with Gasteiger partial charge in [-0.15, -0.1) is 0 Å². The quantitative estimate of drug-likeness (QED) is 0.575. The topological polar surface area (TPSA) is 86.9 Å². The maximum Gasteiger partial charge on any atom is 0.251 e. The minimum absolute atomic E-state index is 0.256. The van der Waals surface area contributed by atoms with Crippen LogP contribution in [0.1, 0.15) is 55.5 Å². The van der Waals surface area contributed by atoms with Gasteiger partial charge in [0.05, 0.1) is 11.0 Å². The molecule has 6 nitrogen and oxygen atoms in total. The fourth-order valence-corrected chi connectivity index (χ4v) is 3.03. The molecule has 0 aliphatic carbocycles. The second-order valence-electron chi connectivity index (χ2n) is 7.18. The molecule has 0 aliphatic heterocycles. The number of hydrogen-bond acceptors (Lipinski definition) is 3. The van der Waals surface area contributed by atoms with E-state index in [0.29, 0.717) is 23.9 Å². The highest BCUT2D eigenvalue weighted by Crippen LogP contribution is 2.16. The number of hydrogen-bond donors (Lipinski definition) is 3. The number of rotatable bonds is 7. The van der Waals surface area contributed by atoms with Crippen LogP contribution in [0, 0.1) is 0 Å². The van der Waals surface area contributed by atoms with Crippen LogP contribution >= 0.6 is 0 Å². The molecule has 0 fully saturated rings. The lowest BCUT2D eigenvalue weighted by atomic mass is 10.0. The summed E-state index contributed by atoms with van der Waals surface area (Å²) in [5.74, 6) is 0.240. The third-order valence-electron chi connectivity index (χ3n) is 4.67. The Morgan fingerprint density at radius 3 is 2.43 bits per heavy atom. The van der Waals surface area contributed by atoms with Crippen LogP contribution in [0.4, 0.5) is 5.95 Å². The van der Waals surface area contributed by atoms with Gasteiger partial charge in [-0.1, -0.05) is 51.5 Å². The minimum atomic E-state index is -0.629. The number of aromatic nitrogens is 2. The Morgan fingerprint density at radius 2 is 1.79 bits per heavy atom. The van der Waals surface area contributed by atoms with E-state index in [0.717, 1.165) is 17.5 Å². The summed E-state index contributed by atoms with van der Waals surface area (Å²) in [6, 6.07) is 14.4. The van der Waals surface area contributed by atoms with Gasteiger partial charge in [0.2, 0.25) is 11.9 Å². The summed E-state index contributed by atoms with van der Waals surface area (Å²) in [5.41, 5.74) is 3.34. The van der Waals surface area contributed by atoms with E-state index in [1.165, 1.54) is 5.56 Å². The van der Waals surface area contributed by atoms with Crippen molar-refractivity contribution in [2.45, 2.75) is 45.6 Å². The van der Waals surface area contributed by atoms with Crippen LogP contribution in [-0.2, 0) is 4.79 Å². The molecule has 2 amide bonds. The van der Waals surface area contributed by atoms with E-state index < -0.39 is 6.04 Å². The van der Waals surface area contributed by atoms with Gasteiger partial charge >= 0.3 is 0 Å². The predicted octanol–water partition coefficient (Wildman–Crippen LogP) is 4.22. The summed E-state index contributed by atoms with van der Waals surface area (Å²) in [5, 5.41) is 5.62. The third kappa shape index (κ3) is 4.57. The molecule has 6 heteroatoms. The zero-order valence-corrected chi connectivity index (χ0v) is 16.5. The lowest BCUT2D eigenvalue weighted by Gasteiger charge is -2.17. The first kappa shape index (κ1) is 19.6. The molecule has 3 N–H and O–H groups in total. The number of amides is 2. The van der Waals surface area contributed by atoms with Crippen molar-refractivity contribution < 1.29 is 9.59 Å². The van der Waals surface area contributed by atoms with Gasteiger partial charge in [0, 0.05) is 5.56 Å². The van der Waals surface area contributed by atoms with Gasteiger partial charge in [0.1, 0.15) is 6.04 Å².